The van der Waals surface area contributed by atoms with Gasteiger partial charge in [0.1, 0.15) is 11.5 Å². The van der Waals surface area contributed by atoms with Crippen molar-refractivity contribution >= 4 is 0 Å². The fraction of sp³-hybridized carbons (Fsp3) is 0.290. The Bertz CT molecular complexity index is 1130. The number of rotatable bonds is 18. The van der Waals surface area contributed by atoms with E-state index in [-0.39, 0.29) is 12.4 Å². The van der Waals surface area contributed by atoms with Crippen LogP contribution >= 0.6 is 0 Å². The molecule has 0 bridgehead atoms. The summed E-state index contributed by atoms with van der Waals surface area (Å²) in [5.41, 5.74) is 2.16. The zero-order valence-corrected chi connectivity index (χ0v) is 21.5. The molecule has 0 fully saturated rings. The van der Waals surface area contributed by atoms with Gasteiger partial charge in [-0.25, -0.2) is 8.78 Å². The molecule has 3 aromatic rings. The van der Waals surface area contributed by atoms with E-state index in [0.717, 1.165) is 17.7 Å². The van der Waals surface area contributed by atoms with Crippen molar-refractivity contribution in [2.75, 3.05) is 33.2 Å². The van der Waals surface area contributed by atoms with E-state index < -0.39 is 11.6 Å². The maximum atomic E-state index is 14.9. The lowest BCUT2D eigenvalue weighted by Crippen LogP contribution is -2.04. The molecule has 0 spiro atoms. The maximum Gasteiger partial charge on any atom is 0.188 e. The van der Waals surface area contributed by atoms with Crippen LogP contribution in [0, 0.1) is 11.6 Å². The van der Waals surface area contributed by atoms with Gasteiger partial charge in [-0.05, 0) is 53.8 Å². The highest BCUT2D eigenvalue weighted by Gasteiger charge is 2.15. The quantitative estimate of drug-likeness (QED) is 0.0997. The normalized spacial score (nSPS) is 10.6. The third kappa shape index (κ3) is 9.23. The summed E-state index contributed by atoms with van der Waals surface area (Å²) in [6, 6.07) is 17.8. The molecule has 0 saturated heterocycles. The van der Waals surface area contributed by atoms with Gasteiger partial charge in [-0.2, -0.15) is 0 Å². The van der Waals surface area contributed by atoms with E-state index in [4.69, 9.17) is 23.7 Å². The van der Waals surface area contributed by atoms with Gasteiger partial charge in [-0.3, -0.25) is 0 Å². The first kappa shape index (κ1) is 28.7. The van der Waals surface area contributed by atoms with Gasteiger partial charge in [-0.15, -0.1) is 0 Å². The zero-order chi connectivity index (χ0) is 27.0. The summed E-state index contributed by atoms with van der Waals surface area (Å²) in [5.74, 6) is -0.260. The van der Waals surface area contributed by atoms with Gasteiger partial charge in [0.05, 0.1) is 39.0 Å². The minimum atomic E-state index is -0.848. The van der Waals surface area contributed by atoms with Crippen molar-refractivity contribution in [1.82, 2.24) is 0 Å². The zero-order valence-electron chi connectivity index (χ0n) is 21.5. The Balaban J connectivity index is 1.48. The van der Waals surface area contributed by atoms with E-state index in [9.17, 15) is 8.78 Å². The van der Waals surface area contributed by atoms with Crippen LogP contribution in [0.4, 0.5) is 8.78 Å². The largest absolute Gasteiger partial charge is 0.502 e. The third-order valence-electron chi connectivity index (χ3n) is 5.70. The van der Waals surface area contributed by atoms with Gasteiger partial charge >= 0.3 is 0 Å². The van der Waals surface area contributed by atoms with Gasteiger partial charge in [0, 0.05) is 18.4 Å². The smallest absolute Gasteiger partial charge is 0.188 e. The Hall–Kier alpha value is -3.84. The van der Waals surface area contributed by atoms with Crippen molar-refractivity contribution in [2.24, 2.45) is 0 Å². The van der Waals surface area contributed by atoms with Crippen molar-refractivity contribution in [2.45, 2.75) is 25.7 Å². The Morgan fingerprint density at radius 2 is 1.26 bits per heavy atom. The summed E-state index contributed by atoms with van der Waals surface area (Å²) in [5, 5.41) is 0. The molecule has 0 radical (unpaired) electrons. The average Bonchev–Trinajstić information content (AvgIpc) is 2.94. The first-order valence-corrected chi connectivity index (χ1v) is 12.6. The Morgan fingerprint density at radius 3 is 1.92 bits per heavy atom. The number of ether oxygens (including phenoxy) is 5. The van der Waals surface area contributed by atoms with Crippen LogP contribution in [0.25, 0.3) is 11.1 Å². The molecule has 5 nitrogen and oxygen atoms in total. The van der Waals surface area contributed by atoms with E-state index in [1.807, 2.05) is 24.3 Å². The van der Waals surface area contributed by atoms with Crippen LogP contribution in [0.3, 0.4) is 0 Å². The number of halogens is 2. The molecule has 0 amide bonds. The van der Waals surface area contributed by atoms with Crippen molar-refractivity contribution in [3.63, 3.8) is 0 Å². The lowest BCUT2D eigenvalue weighted by Gasteiger charge is -2.11. The Morgan fingerprint density at radius 1 is 0.632 bits per heavy atom. The van der Waals surface area contributed by atoms with Crippen molar-refractivity contribution in [1.29, 1.82) is 0 Å². The molecule has 3 aromatic carbocycles. The summed E-state index contributed by atoms with van der Waals surface area (Å²) in [4.78, 5) is 0. The van der Waals surface area contributed by atoms with Gasteiger partial charge < -0.3 is 23.7 Å². The van der Waals surface area contributed by atoms with E-state index >= 15 is 0 Å². The van der Waals surface area contributed by atoms with E-state index in [0.29, 0.717) is 62.6 Å². The standard InChI is InChI=1S/C31H34F2O5/c1-3-34-19-5-21-37-27-14-8-24(9-15-27)7-10-26-13-18-29(31(33)30(26)32)25-11-16-28(17-12-25)38-22-6-20-36-23-35-4-2/h3-4,8-9,11-18H,1-2,5-7,10,19-23H2. The minimum absolute atomic E-state index is 0.162. The fourth-order valence-corrected chi connectivity index (χ4v) is 3.69. The van der Waals surface area contributed by atoms with Crippen LogP contribution in [-0.2, 0) is 27.1 Å². The number of hydrogen-bond acceptors (Lipinski definition) is 5. The average molecular weight is 525 g/mol. The second kappa shape index (κ2) is 16.1. The highest BCUT2D eigenvalue weighted by atomic mass is 19.2. The minimum Gasteiger partial charge on any atom is -0.502 e. The molecule has 0 heterocycles. The molecule has 38 heavy (non-hydrogen) atoms. The molecule has 0 aliphatic heterocycles. The maximum absolute atomic E-state index is 14.9. The van der Waals surface area contributed by atoms with Crippen molar-refractivity contribution in [3.05, 3.63) is 109 Å². The van der Waals surface area contributed by atoms with Crippen LogP contribution in [0.5, 0.6) is 11.5 Å². The Kier molecular flexibility index (Phi) is 12.2. The third-order valence-corrected chi connectivity index (χ3v) is 5.70. The lowest BCUT2D eigenvalue weighted by molar-refractivity contribution is -0.0144. The highest BCUT2D eigenvalue weighted by Crippen LogP contribution is 2.28. The fourth-order valence-electron chi connectivity index (χ4n) is 3.69. The van der Waals surface area contributed by atoms with E-state index in [2.05, 4.69) is 13.2 Å². The molecule has 7 heteroatoms. The van der Waals surface area contributed by atoms with Gasteiger partial charge in [0.15, 0.2) is 18.4 Å². The molecule has 0 N–H and O–H groups in total. The number of benzene rings is 3. The van der Waals surface area contributed by atoms with E-state index in [1.165, 1.54) is 12.5 Å². The van der Waals surface area contributed by atoms with Crippen LogP contribution in [0.1, 0.15) is 24.0 Å². The second-order valence-electron chi connectivity index (χ2n) is 8.37. The van der Waals surface area contributed by atoms with Gasteiger partial charge in [0.25, 0.3) is 0 Å². The SMILES string of the molecule is C=COCCCOc1ccc(CCc2ccc(-c3ccc(OCCCOCOC=C)cc3)c(F)c2F)cc1. The van der Waals surface area contributed by atoms with Crippen LogP contribution in [0.2, 0.25) is 0 Å². The van der Waals surface area contributed by atoms with Gasteiger partial charge in [0.2, 0.25) is 0 Å². The molecule has 202 valence electrons. The summed E-state index contributed by atoms with van der Waals surface area (Å²) in [6.07, 6.45) is 5.15. The molecular weight excluding hydrogens is 490 g/mol. The lowest BCUT2D eigenvalue weighted by atomic mass is 9.99. The number of aryl methyl sites for hydroxylation is 2. The number of hydrogen-bond donors (Lipinski definition) is 0. The molecule has 0 aromatic heterocycles. The molecular formula is C31H34F2O5. The first-order valence-electron chi connectivity index (χ1n) is 12.6. The molecule has 0 unspecified atom stereocenters. The van der Waals surface area contributed by atoms with Crippen LogP contribution < -0.4 is 9.47 Å². The molecule has 3 rings (SSSR count). The monoisotopic (exact) mass is 524 g/mol. The predicted molar refractivity (Wildman–Crippen MR) is 144 cm³/mol. The predicted octanol–water partition coefficient (Wildman–Crippen LogP) is 7.25. The summed E-state index contributed by atoms with van der Waals surface area (Å²) < 4.78 is 56.3. The molecule has 0 aliphatic rings. The van der Waals surface area contributed by atoms with Gasteiger partial charge in [-0.1, -0.05) is 49.6 Å². The Labute approximate surface area is 223 Å². The second-order valence-corrected chi connectivity index (χ2v) is 8.37. The van der Waals surface area contributed by atoms with E-state index in [1.54, 1.807) is 36.4 Å². The molecule has 0 saturated carbocycles. The topological polar surface area (TPSA) is 46.2 Å². The van der Waals surface area contributed by atoms with Crippen LogP contribution in [-0.4, -0.2) is 33.2 Å². The summed E-state index contributed by atoms with van der Waals surface area (Å²) in [7, 11) is 0. The molecule has 0 aliphatic carbocycles. The van der Waals surface area contributed by atoms with Crippen molar-refractivity contribution in [3.8, 4) is 22.6 Å². The first-order chi connectivity index (χ1) is 18.6. The highest BCUT2D eigenvalue weighted by molar-refractivity contribution is 5.65. The summed E-state index contributed by atoms with van der Waals surface area (Å²) in [6.45, 7) is 9.16. The van der Waals surface area contributed by atoms with Crippen LogP contribution in [0.15, 0.2) is 86.3 Å². The van der Waals surface area contributed by atoms with Crippen molar-refractivity contribution < 1.29 is 32.5 Å². The molecule has 0 atom stereocenters. The summed E-state index contributed by atoms with van der Waals surface area (Å²) >= 11 is 0.